The number of benzene rings is 1. The van der Waals surface area contributed by atoms with E-state index in [1.807, 2.05) is 12.1 Å². The van der Waals surface area contributed by atoms with Crippen LogP contribution in [0.4, 0.5) is 5.69 Å². The van der Waals surface area contributed by atoms with Crippen molar-refractivity contribution in [3.05, 3.63) is 29.8 Å². The van der Waals surface area contributed by atoms with Gasteiger partial charge in [0.05, 0.1) is 18.1 Å². The summed E-state index contributed by atoms with van der Waals surface area (Å²) in [5, 5.41) is 5.84. The van der Waals surface area contributed by atoms with Gasteiger partial charge in [-0.05, 0) is 50.0 Å². The number of carbonyl (C=O) groups excluding carboxylic acids is 2. The van der Waals surface area contributed by atoms with Gasteiger partial charge in [0.15, 0.2) is 0 Å². The molecule has 3 aliphatic heterocycles. The Morgan fingerprint density at radius 2 is 1.88 bits per heavy atom. The van der Waals surface area contributed by atoms with Crippen LogP contribution in [0.5, 0.6) is 0 Å². The Morgan fingerprint density at radius 3 is 2.60 bits per heavy atom. The van der Waals surface area contributed by atoms with Crippen LogP contribution in [0, 0.1) is 0 Å². The van der Waals surface area contributed by atoms with Gasteiger partial charge in [0.2, 0.25) is 11.8 Å². The molecular weight excluding hydrogens is 318 g/mol. The molecule has 0 bridgehead atoms. The third kappa shape index (κ3) is 3.41. The Bertz CT molecular complexity index is 647. The van der Waals surface area contributed by atoms with Crippen LogP contribution >= 0.6 is 0 Å². The summed E-state index contributed by atoms with van der Waals surface area (Å²) >= 11 is 0. The molecule has 3 aliphatic rings. The third-order valence-electron chi connectivity index (χ3n) is 5.66. The molecule has 25 heavy (non-hydrogen) atoms. The number of anilines is 1. The van der Waals surface area contributed by atoms with Gasteiger partial charge >= 0.3 is 0 Å². The van der Waals surface area contributed by atoms with Crippen molar-refractivity contribution in [2.75, 3.05) is 37.7 Å². The van der Waals surface area contributed by atoms with E-state index in [0.29, 0.717) is 12.8 Å². The van der Waals surface area contributed by atoms with Crippen molar-refractivity contribution in [3.8, 4) is 0 Å². The van der Waals surface area contributed by atoms with E-state index in [9.17, 15) is 9.59 Å². The largest absolute Gasteiger partial charge is 0.371 e. The number of carbonyl (C=O) groups is 2. The molecule has 2 N–H and O–H groups in total. The predicted molar refractivity (Wildman–Crippen MR) is 94.6 cm³/mol. The molecule has 0 aromatic heterocycles. The lowest BCUT2D eigenvalue weighted by molar-refractivity contribution is -0.134. The number of nitrogens with one attached hydrogen (secondary N) is 2. The van der Waals surface area contributed by atoms with Crippen molar-refractivity contribution >= 4 is 17.5 Å². The molecule has 1 unspecified atom stereocenters. The van der Waals surface area contributed by atoms with Crippen LogP contribution < -0.4 is 15.5 Å². The number of hydrogen-bond acceptors (Lipinski definition) is 5. The highest BCUT2D eigenvalue weighted by Gasteiger charge is 2.38. The molecule has 6 heteroatoms. The van der Waals surface area contributed by atoms with Gasteiger partial charge in [0, 0.05) is 25.2 Å². The summed E-state index contributed by atoms with van der Waals surface area (Å²) in [6.07, 6.45) is 3.12. The summed E-state index contributed by atoms with van der Waals surface area (Å²) in [4.78, 5) is 25.7. The zero-order valence-corrected chi connectivity index (χ0v) is 14.4. The van der Waals surface area contributed by atoms with E-state index >= 15 is 0 Å². The first kappa shape index (κ1) is 16.5. The normalized spacial score (nSPS) is 26.6. The summed E-state index contributed by atoms with van der Waals surface area (Å²) in [6, 6.07) is 8.25. The summed E-state index contributed by atoms with van der Waals surface area (Å²) in [6.45, 7) is 4.61. The van der Waals surface area contributed by atoms with Crippen molar-refractivity contribution in [1.29, 1.82) is 0 Å². The molecule has 3 heterocycles. The minimum atomic E-state index is -0.216. The molecule has 0 saturated carbocycles. The minimum absolute atomic E-state index is 0.0220. The molecule has 3 fully saturated rings. The fraction of sp³-hybridized carbons (Fsp3) is 0.579. The third-order valence-corrected chi connectivity index (χ3v) is 5.66. The zero-order valence-electron chi connectivity index (χ0n) is 14.4. The van der Waals surface area contributed by atoms with Gasteiger partial charge in [-0.1, -0.05) is 12.1 Å². The topological polar surface area (TPSA) is 70.7 Å². The lowest BCUT2D eigenvalue weighted by atomic mass is 9.89. The molecule has 0 aliphatic carbocycles. The van der Waals surface area contributed by atoms with E-state index in [1.165, 1.54) is 5.69 Å². The second-order valence-corrected chi connectivity index (χ2v) is 7.30. The lowest BCUT2D eigenvalue weighted by Crippen LogP contribution is -2.56. The van der Waals surface area contributed by atoms with Crippen LogP contribution in [0.3, 0.4) is 0 Å². The van der Waals surface area contributed by atoms with Gasteiger partial charge < -0.3 is 15.0 Å². The number of piperidine rings is 2. The molecule has 1 aromatic rings. The number of imide groups is 1. The molecule has 1 aromatic carbocycles. The Hall–Kier alpha value is -1.92. The maximum absolute atomic E-state index is 12.0. The molecule has 134 valence electrons. The summed E-state index contributed by atoms with van der Waals surface area (Å²) in [5.41, 5.74) is 2.14. The van der Waals surface area contributed by atoms with Crippen LogP contribution in [0.15, 0.2) is 24.3 Å². The Kier molecular flexibility index (Phi) is 4.48. The maximum Gasteiger partial charge on any atom is 0.234 e. The smallest absolute Gasteiger partial charge is 0.234 e. The van der Waals surface area contributed by atoms with Gasteiger partial charge in [0.25, 0.3) is 0 Å². The van der Waals surface area contributed by atoms with E-state index in [-0.39, 0.29) is 23.3 Å². The van der Waals surface area contributed by atoms with Crippen molar-refractivity contribution in [2.24, 2.45) is 0 Å². The van der Waals surface area contributed by atoms with Gasteiger partial charge in [-0.25, -0.2) is 0 Å². The van der Waals surface area contributed by atoms with Crippen LogP contribution in [0.1, 0.15) is 37.2 Å². The van der Waals surface area contributed by atoms with Gasteiger partial charge in [-0.2, -0.15) is 0 Å². The standard InChI is InChI=1S/C19H25N3O3/c23-17-6-5-16(18(24)21-17)14-1-3-15(4-2-14)22-11-12-25-19(13-22)7-9-20-10-8-19/h1-4,16,20H,5-13H2,(H,21,23,24). The van der Waals surface area contributed by atoms with Crippen LogP contribution in [0.2, 0.25) is 0 Å². The highest BCUT2D eigenvalue weighted by atomic mass is 16.5. The van der Waals surface area contributed by atoms with Crippen molar-refractivity contribution < 1.29 is 14.3 Å². The number of morpholine rings is 1. The SMILES string of the molecule is O=C1CCC(c2ccc(N3CCOC4(CCNCC4)C3)cc2)C(=O)N1. The minimum Gasteiger partial charge on any atom is -0.371 e. The van der Waals surface area contributed by atoms with Gasteiger partial charge in [-0.3, -0.25) is 14.9 Å². The van der Waals surface area contributed by atoms with Gasteiger partial charge in [0.1, 0.15) is 0 Å². The van der Waals surface area contributed by atoms with Crippen molar-refractivity contribution in [1.82, 2.24) is 10.6 Å². The van der Waals surface area contributed by atoms with E-state index in [0.717, 1.165) is 51.2 Å². The van der Waals surface area contributed by atoms with Crippen LogP contribution in [0.25, 0.3) is 0 Å². The molecule has 2 amide bonds. The highest BCUT2D eigenvalue weighted by molar-refractivity contribution is 6.00. The van der Waals surface area contributed by atoms with Crippen LogP contribution in [-0.2, 0) is 14.3 Å². The number of rotatable bonds is 2. The Labute approximate surface area is 147 Å². The van der Waals surface area contributed by atoms with Gasteiger partial charge in [-0.15, -0.1) is 0 Å². The predicted octanol–water partition coefficient (Wildman–Crippen LogP) is 1.17. The summed E-state index contributed by atoms with van der Waals surface area (Å²) < 4.78 is 6.13. The van der Waals surface area contributed by atoms with E-state index in [2.05, 4.69) is 27.7 Å². The summed E-state index contributed by atoms with van der Waals surface area (Å²) in [5.74, 6) is -0.560. The quantitative estimate of drug-likeness (QED) is 0.789. The molecule has 1 spiro atoms. The Balaban J connectivity index is 1.46. The highest BCUT2D eigenvalue weighted by Crippen LogP contribution is 2.32. The maximum atomic E-state index is 12.0. The fourth-order valence-corrected chi connectivity index (χ4v) is 4.18. The average Bonchev–Trinajstić information content (AvgIpc) is 2.63. The molecule has 0 radical (unpaired) electrons. The molecular formula is C19H25N3O3. The monoisotopic (exact) mass is 343 g/mol. The number of hydrogen-bond donors (Lipinski definition) is 2. The first-order valence-electron chi connectivity index (χ1n) is 9.19. The zero-order chi connectivity index (χ0) is 17.3. The molecule has 4 rings (SSSR count). The fourth-order valence-electron chi connectivity index (χ4n) is 4.18. The van der Waals surface area contributed by atoms with Crippen molar-refractivity contribution in [3.63, 3.8) is 0 Å². The number of nitrogens with zero attached hydrogens (tertiary/aromatic N) is 1. The lowest BCUT2D eigenvalue weighted by Gasteiger charge is -2.46. The first-order chi connectivity index (χ1) is 12.2. The average molecular weight is 343 g/mol. The second kappa shape index (κ2) is 6.77. The first-order valence-corrected chi connectivity index (χ1v) is 9.19. The van der Waals surface area contributed by atoms with E-state index in [1.54, 1.807) is 0 Å². The molecule has 6 nitrogen and oxygen atoms in total. The van der Waals surface area contributed by atoms with Crippen LogP contribution in [-0.4, -0.2) is 50.2 Å². The number of amides is 2. The van der Waals surface area contributed by atoms with E-state index in [4.69, 9.17) is 4.74 Å². The Morgan fingerprint density at radius 1 is 1.12 bits per heavy atom. The number of ether oxygens (including phenoxy) is 1. The summed E-state index contributed by atoms with van der Waals surface area (Å²) in [7, 11) is 0. The van der Waals surface area contributed by atoms with Crippen molar-refractivity contribution in [2.45, 2.75) is 37.2 Å². The van der Waals surface area contributed by atoms with E-state index < -0.39 is 0 Å². The molecule has 1 atom stereocenters. The molecule has 3 saturated heterocycles. The second-order valence-electron chi connectivity index (χ2n) is 7.30.